The minimum atomic E-state index is -0.141. The number of rotatable bonds is 7. The van der Waals surface area contributed by atoms with Crippen molar-refractivity contribution in [2.45, 2.75) is 46.5 Å². The van der Waals surface area contributed by atoms with Crippen molar-refractivity contribution < 1.29 is 14.4 Å². The number of likely N-dealkylation sites (tertiary alicyclic amines) is 1. The predicted molar refractivity (Wildman–Crippen MR) is 106 cm³/mol. The third-order valence-electron chi connectivity index (χ3n) is 4.84. The number of carbonyl (C=O) groups excluding carboxylic acids is 3. The van der Waals surface area contributed by atoms with E-state index in [1.54, 1.807) is 36.1 Å². The van der Waals surface area contributed by atoms with E-state index in [1.165, 1.54) is 0 Å². The summed E-state index contributed by atoms with van der Waals surface area (Å²) in [4.78, 5) is 38.3. The van der Waals surface area contributed by atoms with Gasteiger partial charge in [-0.25, -0.2) is 0 Å². The number of amides is 3. The second-order valence-electron chi connectivity index (χ2n) is 7.54. The van der Waals surface area contributed by atoms with Crippen LogP contribution in [0.25, 0.3) is 0 Å². The molecule has 0 aliphatic carbocycles. The third-order valence-corrected chi connectivity index (χ3v) is 4.84. The van der Waals surface area contributed by atoms with Crippen LogP contribution in [0.3, 0.4) is 0 Å². The van der Waals surface area contributed by atoms with Gasteiger partial charge < -0.3 is 15.5 Å². The molecule has 1 unspecified atom stereocenters. The summed E-state index contributed by atoms with van der Waals surface area (Å²) >= 11 is 0. The zero-order valence-corrected chi connectivity index (χ0v) is 16.6. The Bertz CT molecular complexity index is 655. The average molecular weight is 373 g/mol. The quantitative estimate of drug-likeness (QED) is 0.771. The number of nitrogens with one attached hydrogen (secondary N) is 2. The van der Waals surface area contributed by atoms with Crippen LogP contribution in [-0.4, -0.2) is 42.3 Å². The zero-order valence-electron chi connectivity index (χ0n) is 16.6. The topological polar surface area (TPSA) is 78.5 Å². The Kier molecular flexibility index (Phi) is 7.82. The molecule has 1 aromatic rings. The molecule has 0 spiro atoms. The molecule has 2 N–H and O–H groups in total. The number of hydrogen-bond acceptors (Lipinski definition) is 3. The van der Waals surface area contributed by atoms with Crippen LogP contribution in [0.15, 0.2) is 24.3 Å². The molecule has 3 amide bonds. The van der Waals surface area contributed by atoms with E-state index in [2.05, 4.69) is 24.5 Å². The first-order valence-electron chi connectivity index (χ1n) is 9.87. The first kappa shape index (κ1) is 20.9. The van der Waals surface area contributed by atoms with Crippen LogP contribution < -0.4 is 10.6 Å². The second-order valence-corrected chi connectivity index (χ2v) is 7.54. The highest BCUT2D eigenvalue weighted by Crippen LogP contribution is 2.20. The minimum Gasteiger partial charge on any atom is -0.356 e. The van der Waals surface area contributed by atoms with Crippen molar-refractivity contribution in [1.29, 1.82) is 0 Å². The van der Waals surface area contributed by atoms with E-state index in [0.29, 0.717) is 43.2 Å². The van der Waals surface area contributed by atoms with E-state index in [-0.39, 0.29) is 23.6 Å². The minimum absolute atomic E-state index is 0.0470. The van der Waals surface area contributed by atoms with E-state index in [1.807, 2.05) is 0 Å². The molecule has 0 radical (unpaired) electrons. The van der Waals surface area contributed by atoms with E-state index in [9.17, 15) is 14.4 Å². The van der Waals surface area contributed by atoms with Gasteiger partial charge in [-0.3, -0.25) is 14.4 Å². The van der Waals surface area contributed by atoms with Gasteiger partial charge in [0.15, 0.2) is 0 Å². The van der Waals surface area contributed by atoms with Gasteiger partial charge in [0.2, 0.25) is 11.8 Å². The van der Waals surface area contributed by atoms with E-state index in [0.717, 1.165) is 19.3 Å². The molecule has 1 fully saturated rings. The lowest BCUT2D eigenvalue weighted by Gasteiger charge is -2.32. The lowest BCUT2D eigenvalue weighted by atomic mass is 9.96. The lowest BCUT2D eigenvalue weighted by Crippen LogP contribution is -2.45. The molecule has 1 heterocycles. The average Bonchev–Trinajstić information content (AvgIpc) is 2.67. The highest BCUT2D eigenvalue weighted by molar-refractivity contribution is 5.96. The van der Waals surface area contributed by atoms with Gasteiger partial charge in [0.05, 0.1) is 5.92 Å². The van der Waals surface area contributed by atoms with Gasteiger partial charge in [-0.2, -0.15) is 0 Å². The van der Waals surface area contributed by atoms with Crippen molar-refractivity contribution in [3.63, 3.8) is 0 Å². The van der Waals surface area contributed by atoms with Crippen LogP contribution in [0.4, 0.5) is 5.69 Å². The Balaban J connectivity index is 1.91. The highest BCUT2D eigenvalue weighted by atomic mass is 16.2. The molecule has 2 rings (SSSR count). The Morgan fingerprint density at radius 2 is 1.89 bits per heavy atom. The summed E-state index contributed by atoms with van der Waals surface area (Å²) in [7, 11) is 0. The highest BCUT2D eigenvalue weighted by Gasteiger charge is 2.28. The van der Waals surface area contributed by atoms with Crippen LogP contribution in [0, 0.1) is 11.8 Å². The van der Waals surface area contributed by atoms with Gasteiger partial charge in [0.25, 0.3) is 5.91 Å². The summed E-state index contributed by atoms with van der Waals surface area (Å²) in [5, 5.41) is 5.77. The Morgan fingerprint density at radius 1 is 1.19 bits per heavy atom. The van der Waals surface area contributed by atoms with Crippen molar-refractivity contribution in [2.24, 2.45) is 11.8 Å². The largest absolute Gasteiger partial charge is 0.356 e. The van der Waals surface area contributed by atoms with E-state index >= 15 is 0 Å². The van der Waals surface area contributed by atoms with Crippen LogP contribution in [0.1, 0.15) is 56.8 Å². The van der Waals surface area contributed by atoms with Gasteiger partial charge in [-0.05, 0) is 49.4 Å². The van der Waals surface area contributed by atoms with E-state index in [4.69, 9.17) is 0 Å². The molecular formula is C21H31N3O3. The predicted octanol–water partition coefficient (Wildman–Crippen LogP) is 3.05. The fraction of sp³-hybridized carbons (Fsp3) is 0.571. The van der Waals surface area contributed by atoms with Crippen molar-refractivity contribution in [3.8, 4) is 0 Å². The van der Waals surface area contributed by atoms with Crippen molar-refractivity contribution in [2.75, 3.05) is 25.0 Å². The van der Waals surface area contributed by atoms with Crippen molar-refractivity contribution in [3.05, 3.63) is 29.8 Å². The summed E-state index contributed by atoms with van der Waals surface area (Å²) in [5.74, 6) is 0.336. The number of benzene rings is 1. The maximum Gasteiger partial charge on any atom is 0.253 e. The van der Waals surface area contributed by atoms with Gasteiger partial charge >= 0.3 is 0 Å². The van der Waals surface area contributed by atoms with Gasteiger partial charge in [0.1, 0.15) is 0 Å². The number of nitrogens with zero attached hydrogens (tertiary/aromatic N) is 1. The standard InChI is InChI=1S/C21H31N3O3/c1-4-19(25)23-18-9-7-16(8-10-18)21(27)24-13-5-6-17(14-24)20(26)22-12-11-15(2)3/h7-10,15,17H,4-6,11-14H2,1-3H3,(H,22,26)(H,23,25). The van der Waals surface area contributed by atoms with Crippen LogP contribution in [0.5, 0.6) is 0 Å². The van der Waals surface area contributed by atoms with Crippen molar-refractivity contribution in [1.82, 2.24) is 10.2 Å². The zero-order chi connectivity index (χ0) is 19.8. The smallest absolute Gasteiger partial charge is 0.253 e. The summed E-state index contributed by atoms with van der Waals surface area (Å²) in [5.41, 5.74) is 1.25. The molecule has 6 nitrogen and oxygen atoms in total. The normalized spacial score (nSPS) is 16.9. The molecule has 6 heteroatoms. The monoisotopic (exact) mass is 373 g/mol. The van der Waals surface area contributed by atoms with Crippen LogP contribution >= 0.6 is 0 Å². The molecule has 148 valence electrons. The maximum absolute atomic E-state index is 12.8. The summed E-state index contributed by atoms with van der Waals surface area (Å²) in [6, 6.07) is 6.92. The maximum atomic E-state index is 12.8. The summed E-state index contributed by atoms with van der Waals surface area (Å²) in [6.07, 6.45) is 3.02. The molecular weight excluding hydrogens is 342 g/mol. The van der Waals surface area contributed by atoms with Gasteiger partial charge in [-0.1, -0.05) is 20.8 Å². The fourth-order valence-electron chi connectivity index (χ4n) is 3.13. The molecule has 1 atom stereocenters. The summed E-state index contributed by atoms with van der Waals surface area (Å²) < 4.78 is 0. The number of piperidine rings is 1. The van der Waals surface area contributed by atoms with Crippen LogP contribution in [0.2, 0.25) is 0 Å². The van der Waals surface area contributed by atoms with Gasteiger partial charge in [-0.15, -0.1) is 0 Å². The number of hydrogen-bond donors (Lipinski definition) is 2. The molecule has 0 bridgehead atoms. The number of carbonyl (C=O) groups is 3. The van der Waals surface area contributed by atoms with E-state index < -0.39 is 0 Å². The van der Waals surface area contributed by atoms with Gasteiger partial charge in [0, 0.05) is 37.3 Å². The third kappa shape index (κ3) is 6.38. The number of anilines is 1. The Morgan fingerprint density at radius 3 is 2.52 bits per heavy atom. The molecule has 1 aliphatic heterocycles. The van der Waals surface area contributed by atoms with Crippen molar-refractivity contribution >= 4 is 23.4 Å². The summed E-state index contributed by atoms with van der Waals surface area (Å²) in [6.45, 7) is 7.87. The molecule has 0 saturated carbocycles. The molecule has 1 aromatic carbocycles. The first-order chi connectivity index (χ1) is 12.9. The molecule has 27 heavy (non-hydrogen) atoms. The first-order valence-corrected chi connectivity index (χ1v) is 9.87. The Hall–Kier alpha value is -2.37. The van der Waals surface area contributed by atoms with Crippen LogP contribution in [-0.2, 0) is 9.59 Å². The fourth-order valence-corrected chi connectivity index (χ4v) is 3.13. The molecule has 1 saturated heterocycles. The SMILES string of the molecule is CCC(=O)Nc1ccc(C(=O)N2CCCC(C(=O)NCCC(C)C)C2)cc1. The lowest BCUT2D eigenvalue weighted by molar-refractivity contribution is -0.126. The molecule has 1 aliphatic rings. The second kappa shape index (κ2) is 10.1. The molecule has 0 aromatic heterocycles. The Labute approximate surface area is 161 Å².